The Morgan fingerprint density at radius 2 is 1.59 bits per heavy atom. The summed E-state index contributed by atoms with van der Waals surface area (Å²) < 4.78 is 38.8. The van der Waals surface area contributed by atoms with Crippen LogP contribution in [-0.4, -0.2) is 44.2 Å². The molecule has 0 fully saturated rings. The zero-order valence-electron chi connectivity index (χ0n) is 16.5. The number of likely N-dealkylation sites (N-methyl/N-ethyl adjacent to an activating group) is 1. The number of sulfonamides is 1. The van der Waals surface area contributed by atoms with Gasteiger partial charge in [-0.15, -0.1) is 0 Å². The third-order valence-electron chi connectivity index (χ3n) is 3.94. The Balaban J connectivity index is 1.94. The summed E-state index contributed by atoms with van der Waals surface area (Å²) in [4.78, 5) is 23.9. The van der Waals surface area contributed by atoms with E-state index >= 15 is 0 Å². The summed E-state index contributed by atoms with van der Waals surface area (Å²) in [6, 6.07) is 11.2. The van der Waals surface area contributed by atoms with Crippen LogP contribution in [0.15, 0.2) is 53.4 Å². The normalized spacial score (nSPS) is 11.5. The molecule has 0 bridgehead atoms. The number of nitrogens with one attached hydrogen (secondary N) is 2. The van der Waals surface area contributed by atoms with Crippen molar-refractivity contribution in [1.82, 2.24) is 9.62 Å². The quantitative estimate of drug-likeness (QED) is 0.683. The summed E-state index contributed by atoms with van der Waals surface area (Å²) in [7, 11) is -2.64. The maximum absolute atomic E-state index is 13.0. The zero-order chi connectivity index (χ0) is 21.6. The molecular weight excluding hydrogens is 397 g/mol. The molecular formula is C20H24FN3O4S. The molecule has 29 heavy (non-hydrogen) atoms. The predicted molar refractivity (Wildman–Crippen MR) is 108 cm³/mol. The van der Waals surface area contributed by atoms with E-state index in [9.17, 15) is 22.4 Å². The third-order valence-corrected chi connectivity index (χ3v) is 5.76. The van der Waals surface area contributed by atoms with E-state index in [1.165, 1.54) is 7.05 Å². The molecule has 0 aliphatic heterocycles. The highest BCUT2D eigenvalue weighted by Crippen LogP contribution is 2.15. The zero-order valence-corrected chi connectivity index (χ0v) is 17.3. The van der Waals surface area contributed by atoms with Crippen LogP contribution in [0.25, 0.3) is 0 Å². The van der Waals surface area contributed by atoms with Crippen LogP contribution in [0.2, 0.25) is 0 Å². The van der Waals surface area contributed by atoms with Crippen molar-refractivity contribution in [2.24, 2.45) is 0 Å². The molecule has 0 aliphatic carbocycles. The van der Waals surface area contributed by atoms with Gasteiger partial charge >= 0.3 is 0 Å². The monoisotopic (exact) mass is 421 g/mol. The van der Waals surface area contributed by atoms with E-state index in [1.54, 1.807) is 24.3 Å². The number of halogens is 1. The van der Waals surface area contributed by atoms with E-state index in [-0.39, 0.29) is 23.3 Å². The number of carbonyl (C=O) groups is 2. The number of hydrogen-bond acceptors (Lipinski definition) is 4. The Hall–Kier alpha value is -2.78. The van der Waals surface area contributed by atoms with Gasteiger partial charge < -0.3 is 10.6 Å². The van der Waals surface area contributed by atoms with Crippen LogP contribution < -0.4 is 10.6 Å². The maximum atomic E-state index is 13.0. The standard InChI is InChI=1S/C20H24FN3O4S/c1-14(2)22-19(25)12-15-4-8-17(9-5-15)23-20(26)13-24(3)29(27,28)18-10-6-16(21)7-11-18/h4-11,14H,12-13H2,1-3H3,(H,22,25)(H,23,26). The van der Waals surface area contributed by atoms with E-state index < -0.39 is 28.3 Å². The summed E-state index contributed by atoms with van der Waals surface area (Å²) in [6.07, 6.45) is 0.227. The minimum atomic E-state index is -3.91. The van der Waals surface area contributed by atoms with Crippen LogP contribution in [0, 0.1) is 5.82 Å². The first-order valence-electron chi connectivity index (χ1n) is 8.98. The summed E-state index contributed by atoms with van der Waals surface area (Å²) in [5, 5.41) is 5.41. The van der Waals surface area contributed by atoms with Crippen LogP contribution in [0.3, 0.4) is 0 Å². The fraction of sp³-hybridized carbons (Fsp3) is 0.300. The summed E-state index contributed by atoms with van der Waals surface area (Å²) in [6.45, 7) is 3.35. The molecule has 0 saturated heterocycles. The largest absolute Gasteiger partial charge is 0.354 e. The smallest absolute Gasteiger partial charge is 0.243 e. The summed E-state index contributed by atoms with van der Waals surface area (Å²) in [5.41, 5.74) is 1.27. The Bertz CT molecular complexity index is 958. The van der Waals surface area contributed by atoms with Crippen molar-refractivity contribution in [1.29, 1.82) is 0 Å². The Morgan fingerprint density at radius 3 is 2.14 bits per heavy atom. The van der Waals surface area contributed by atoms with Crippen LogP contribution in [0.4, 0.5) is 10.1 Å². The van der Waals surface area contributed by atoms with Gasteiger partial charge in [0.2, 0.25) is 21.8 Å². The molecule has 2 aromatic rings. The molecule has 0 aliphatic rings. The molecule has 0 radical (unpaired) electrons. The topological polar surface area (TPSA) is 95.6 Å². The average Bonchev–Trinajstić information content (AvgIpc) is 2.63. The summed E-state index contributed by atoms with van der Waals surface area (Å²) in [5.74, 6) is -1.16. The lowest BCUT2D eigenvalue weighted by Gasteiger charge is -2.17. The fourth-order valence-corrected chi connectivity index (χ4v) is 3.67. The van der Waals surface area contributed by atoms with Crippen molar-refractivity contribution in [2.45, 2.75) is 31.2 Å². The van der Waals surface area contributed by atoms with Gasteiger partial charge in [-0.25, -0.2) is 12.8 Å². The van der Waals surface area contributed by atoms with Gasteiger partial charge in [-0.1, -0.05) is 12.1 Å². The molecule has 7 nitrogen and oxygen atoms in total. The molecule has 2 amide bonds. The van der Waals surface area contributed by atoms with Crippen molar-refractivity contribution in [3.8, 4) is 0 Å². The second kappa shape index (κ2) is 9.62. The van der Waals surface area contributed by atoms with Gasteiger partial charge in [0.05, 0.1) is 17.9 Å². The van der Waals surface area contributed by atoms with Gasteiger partial charge in [-0.3, -0.25) is 9.59 Å². The third kappa shape index (κ3) is 6.65. The van der Waals surface area contributed by atoms with Crippen LogP contribution in [0.1, 0.15) is 19.4 Å². The van der Waals surface area contributed by atoms with Crippen molar-refractivity contribution in [2.75, 3.05) is 18.9 Å². The number of carbonyl (C=O) groups excluding carboxylic acids is 2. The minimum absolute atomic E-state index is 0.0595. The highest BCUT2D eigenvalue weighted by atomic mass is 32.2. The minimum Gasteiger partial charge on any atom is -0.354 e. The first-order valence-corrected chi connectivity index (χ1v) is 10.4. The van der Waals surface area contributed by atoms with Gasteiger partial charge in [0.1, 0.15) is 5.82 Å². The van der Waals surface area contributed by atoms with Crippen LogP contribution >= 0.6 is 0 Å². The number of rotatable bonds is 8. The van der Waals surface area contributed by atoms with E-state index in [0.717, 1.165) is 34.1 Å². The number of anilines is 1. The number of benzene rings is 2. The molecule has 9 heteroatoms. The van der Waals surface area contributed by atoms with E-state index in [4.69, 9.17) is 0 Å². The Kier molecular flexibility index (Phi) is 7.46. The molecule has 0 heterocycles. The van der Waals surface area contributed by atoms with Gasteiger partial charge in [0.15, 0.2) is 0 Å². The predicted octanol–water partition coefficient (Wildman–Crippen LogP) is 2.15. The number of nitrogens with zero attached hydrogens (tertiary/aromatic N) is 1. The molecule has 156 valence electrons. The SMILES string of the molecule is CC(C)NC(=O)Cc1ccc(NC(=O)CN(C)S(=O)(=O)c2ccc(F)cc2)cc1. The lowest BCUT2D eigenvalue weighted by Crippen LogP contribution is -2.35. The van der Waals surface area contributed by atoms with Gasteiger partial charge in [-0.2, -0.15) is 4.31 Å². The fourth-order valence-electron chi connectivity index (χ4n) is 2.54. The van der Waals surface area contributed by atoms with Crippen molar-refractivity contribution >= 4 is 27.5 Å². The number of amides is 2. The van der Waals surface area contributed by atoms with E-state index in [2.05, 4.69) is 10.6 Å². The molecule has 0 unspecified atom stereocenters. The number of hydrogen-bond donors (Lipinski definition) is 2. The van der Waals surface area contributed by atoms with E-state index in [0.29, 0.717) is 5.69 Å². The average molecular weight is 421 g/mol. The molecule has 0 atom stereocenters. The highest BCUT2D eigenvalue weighted by molar-refractivity contribution is 7.89. The molecule has 2 rings (SSSR count). The first-order chi connectivity index (χ1) is 13.6. The van der Waals surface area contributed by atoms with Crippen molar-refractivity contribution in [3.63, 3.8) is 0 Å². The van der Waals surface area contributed by atoms with E-state index in [1.807, 2.05) is 13.8 Å². The molecule has 2 aromatic carbocycles. The van der Waals surface area contributed by atoms with Gasteiger partial charge in [-0.05, 0) is 55.8 Å². The van der Waals surface area contributed by atoms with Gasteiger partial charge in [0, 0.05) is 18.8 Å². The van der Waals surface area contributed by atoms with Gasteiger partial charge in [0.25, 0.3) is 0 Å². The Labute approximate surface area is 170 Å². The van der Waals surface area contributed by atoms with Crippen molar-refractivity contribution < 1.29 is 22.4 Å². The molecule has 2 N–H and O–H groups in total. The maximum Gasteiger partial charge on any atom is 0.243 e. The lowest BCUT2D eigenvalue weighted by atomic mass is 10.1. The van der Waals surface area contributed by atoms with Crippen LogP contribution in [0.5, 0.6) is 0 Å². The van der Waals surface area contributed by atoms with Crippen LogP contribution in [-0.2, 0) is 26.0 Å². The molecule has 0 saturated carbocycles. The first kappa shape index (κ1) is 22.5. The summed E-state index contributed by atoms with van der Waals surface area (Å²) >= 11 is 0. The highest BCUT2D eigenvalue weighted by Gasteiger charge is 2.23. The second-order valence-electron chi connectivity index (χ2n) is 6.86. The van der Waals surface area contributed by atoms with Crippen molar-refractivity contribution in [3.05, 3.63) is 59.9 Å². The molecule has 0 spiro atoms. The Morgan fingerprint density at radius 1 is 1.00 bits per heavy atom. The molecule has 0 aromatic heterocycles. The second-order valence-corrected chi connectivity index (χ2v) is 8.90. The lowest BCUT2D eigenvalue weighted by molar-refractivity contribution is -0.121.